The predicted octanol–water partition coefficient (Wildman–Crippen LogP) is 3.24. The van der Waals surface area contributed by atoms with Gasteiger partial charge in [0.25, 0.3) is 0 Å². The van der Waals surface area contributed by atoms with Crippen molar-refractivity contribution < 1.29 is 5.11 Å². The summed E-state index contributed by atoms with van der Waals surface area (Å²) in [6.45, 7) is 0. The van der Waals surface area contributed by atoms with Crippen molar-refractivity contribution in [3.05, 3.63) is 42.1 Å². The zero-order valence-corrected chi connectivity index (χ0v) is 10.3. The van der Waals surface area contributed by atoms with Crippen molar-refractivity contribution in [2.45, 2.75) is 31.3 Å². The van der Waals surface area contributed by atoms with Crippen molar-refractivity contribution in [1.82, 2.24) is 4.98 Å². The van der Waals surface area contributed by atoms with E-state index in [1.54, 1.807) is 0 Å². The molecule has 0 saturated heterocycles. The smallest absolute Gasteiger partial charge is 0.0967 e. The normalized spacial score (nSPS) is 34.3. The fourth-order valence-corrected chi connectivity index (χ4v) is 3.94. The van der Waals surface area contributed by atoms with Crippen LogP contribution in [0.2, 0.25) is 0 Å². The van der Waals surface area contributed by atoms with Crippen LogP contribution in [-0.2, 0) is 5.60 Å². The fraction of sp³-hybridized carbons (Fsp3) is 0.438. The van der Waals surface area contributed by atoms with E-state index in [0.29, 0.717) is 11.8 Å². The van der Waals surface area contributed by atoms with Crippen LogP contribution >= 0.6 is 0 Å². The van der Waals surface area contributed by atoms with E-state index in [9.17, 15) is 5.11 Å². The highest BCUT2D eigenvalue weighted by molar-refractivity contribution is 5.83. The van der Waals surface area contributed by atoms with Crippen molar-refractivity contribution in [3.8, 4) is 0 Å². The molecular formula is C16H17NO. The Labute approximate surface area is 107 Å². The fourth-order valence-electron chi connectivity index (χ4n) is 3.94. The Balaban J connectivity index is 1.88. The lowest BCUT2D eigenvalue weighted by molar-refractivity contribution is 0.119. The molecule has 2 fully saturated rings. The van der Waals surface area contributed by atoms with Crippen molar-refractivity contribution in [2.24, 2.45) is 11.8 Å². The Morgan fingerprint density at radius 1 is 1.06 bits per heavy atom. The van der Waals surface area contributed by atoms with E-state index in [0.717, 1.165) is 16.5 Å². The number of aromatic nitrogens is 1. The first kappa shape index (κ1) is 10.5. The Bertz CT molecular complexity index is 590. The van der Waals surface area contributed by atoms with Gasteiger partial charge in [0.05, 0.1) is 11.1 Å². The van der Waals surface area contributed by atoms with Gasteiger partial charge in [0, 0.05) is 11.6 Å². The number of rotatable bonds is 1. The number of hydrogen-bond acceptors (Lipinski definition) is 2. The van der Waals surface area contributed by atoms with E-state index < -0.39 is 5.60 Å². The molecule has 92 valence electrons. The van der Waals surface area contributed by atoms with E-state index in [-0.39, 0.29) is 0 Å². The average Bonchev–Trinajstić information content (AvgIpc) is 3.06. The van der Waals surface area contributed by atoms with Gasteiger partial charge in [-0.1, -0.05) is 31.0 Å². The first-order valence-corrected chi connectivity index (χ1v) is 6.88. The number of nitrogens with zero attached hydrogens (tertiary/aromatic N) is 1. The molecule has 2 saturated carbocycles. The van der Waals surface area contributed by atoms with Gasteiger partial charge in [0.15, 0.2) is 0 Å². The van der Waals surface area contributed by atoms with Gasteiger partial charge in [-0.15, -0.1) is 0 Å². The minimum atomic E-state index is -0.570. The van der Waals surface area contributed by atoms with Crippen LogP contribution in [0.25, 0.3) is 10.9 Å². The molecule has 2 heteroatoms. The van der Waals surface area contributed by atoms with E-state index in [4.69, 9.17) is 0 Å². The Kier molecular flexibility index (Phi) is 2.07. The Morgan fingerprint density at radius 3 is 2.56 bits per heavy atom. The number of benzene rings is 1. The average molecular weight is 239 g/mol. The molecule has 1 aromatic heterocycles. The number of aliphatic hydroxyl groups is 1. The van der Waals surface area contributed by atoms with Crippen LogP contribution in [0.4, 0.5) is 0 Å². The zero-order valence-electron chi connectivity index (χ0n) is 10.3. The van der Waals surface area contributed by atoms with E-state index in [2.05, 4.69) is 11.1 Å². The number of hydrogen-bond donors (Lipinski definition) is 1. The quantitative estimate of drug-likeness (QED) is 0.828. The minimum absolute atomic E-state index is 0.483. The molecule has 0 aliphatic heterocycles. The van der Waals surface area contributed by atoms with E-state index in [1.807, 2.05) is 30.5 Å². The summed E-state index contributed by atoms with van der Waals surface area (Å²) in [4.78, 5) is 4.39. The van der Waals surface area contributed by atoms with Crippen LogP contribution in [0.5, 0.6) is 0 Å². The van der Waals surface area contributed by atoms with Crippen molar-refractivity contribution >= 4 is 10.9 Å². The summed E-state index contributed by atoms with van der Waals surface area (Å²) in [7, 11) is 0. The molecule has 2 unspecified atom stereocenters. The van der Waals surface area contributed by atoms with Gasteiger partial charge in [-0.25, -0.2) is 0 Å². The van der Waals surface area contributed by atoms with Gasteiger partial charge in [0.2, 0.25) is 0 Å². The molecule has 1 N–H and O–H groups in total. The molecule has 2 aliphatic carbocycles. The Hall–Kier alpha value is -1.41. The van der Waals surface area contributed by atoms with Crippen LogP contribution in [0.3, 0.4) is 0 Å². The molecule has 4 rings (SSSR count). The third kappa shape index (κ3) is 1.24. The number of pyridine rings is 1. The van der Waals surface area contributed by atoms with E-state index >= 15 is 0 Å². The molecule has 1 heterocycles. The van der Waals surface area contributed by atoms with Crippen LogP contribution < -0.4 is 0 Å². The summed E-state index contributed by atoms with van der Waals surface area (Å²) in [6, 6.07) is 10.2. The van der Waals surface area contributed by atoms with Gasteiger partial charge in [-0.3, -0.25) is 4.98 Å². The molecule has 0 radical (unpaired) electrons. The molecule has 18 heavy (non-hydrogen) atoms. The van der Waals surface area contributed by atoms with Crippen molar-refractivity contribution in [1.29, 1.82) is 0 Å². The minimum Gasteiger partial charge on any atom is -0.385 e. The van der Waals surface area contributed by atoms with Crippen LogP contribution in [-0.4, -0.2) is 10.1 Å². The van der Waals surface area contributed by atoms with Crippen molar-refractivity contribution in [2.75, 3.05) is 0 Å². The first-order valence-electron chi connectivity index (χ1n) is 6.88. The predicted molar refractivity (Wildman–Crippen MR) is 71.1 cm³/mol. The lowest BCUT2D eigenvalue weighted by Gasteiger charge is -2.13. The molecule has 0 spiro atoms. The third-order valence-electron chi connectivity index (χ3n) is 4.87. The maximum Gasteiger partial charge on any atom is 0.0967 e. The second kappa shape index (κ2) is 3.55. The van der Waals surface area contributed by atoms with Crippen LogP contribution in [0.1, 0.15) is 31.2 Å². The molecule has 0 amide bonds. The molecule has 2 aromatic rings. The molecule has 2 atom stereocenters. The van der Waals surface area contributed by atoms with Gasteiger partial charge in [-0.2, -0.15) is 0 Å². The largest absolute Gasteiger partial charge is 0.385 e. The van der Waals surface area contributed by atoms with Gasteiger partial charge < -0.3 is 5.11 Å². The number of fused-ring (bicyclic) bond motifs is 2. The second-order valence-corrected chi connectivity index (χ2v) is 5.70. The highest BCUT2D eigenvalue weighted by atomic mass is 16.3. The number of para-hydroxylation sites is 1. The highest BCUT2D eigenvalue weighted by Gasteiger charge is 2.64. The lowest BCUT2D eigenvalue weighted by Crippen LogP contribution is -2.11. The lowest BCUT2D eigenvalue weighted by atomic mass is 9.99. The first-order chi connectivity index (χ1) is 8.82. The summed E-state index contributed by atoms with van der Waals surface area (Å²) in [5, 5.41) is 12.2. The SMILES string of the molecule is OC1(c2ccnc3ccccc23)C2CCCCC21. The van der Waals surface area contributed by atoms with Gasteiger partial charge >= 0.3 is 0 Å². The van der Waals surface area contributed by atoms with Crippen LogP contribution in [0.15, 0.2) is 36.5 Å². The monoisotopic (exact) mass is 239 g/mol. The standard InChI is InChI=1S/C16H17NO/c18-16(13-6-2-3-7-14(13)16)12-9-10-17-15-8-4-1-5-11(12)15/h1,4-5,8-10,13-14,18H,2-3,6-7H2. The van der Waals surface area contributed by atoms with Gasteiger partial charge in [-0.05, 0) is 42.4 Å². The summed E-state index contributed by atoms with van der Waals surface area (Å²) >= 11 is 0. The Morgan fingerprint density at radius 2 is 1.78 bits per heavy atom. The molecule has 2 nitrogen and oxygen atoms in total. The summed E-state index contributed by atoms with van der Waals surface area (Å²) in [5.74, 6) is 0.967. The summed E-state index contributed by atoms with van der Waals surface area (Å²) in [6.07, 6.45) is 6.73. The van der Waals surface area contributed by atoms with Crippen molar-refractivity contribution in [3.63, 3.8) is 0 Å². The van der Waals surface area contributed by atoms with Crippen LogP contribution in [0, 0.1) is 11.8 Å². The molecule has 1 aromatic carbocycles. The second-order valence-electron chi connectivity index (χ2n) is 5.70. The third-order valence-corrected chi connectivity index (χ3v) is 4.87. The molecular weight excluding hydrogens is 222 g/mol. The zero-order chi connectivity index (χ0) is 12.2. The maximum absolute atomic E-state index is 11.0. The van der Waals surface area contributed by atoms with Gasteiger partial charge in [0.1, 0.15) is 0 Å². The summed E-state index contributed by atoms with van der Waals surface area (Å²) in [5.41, 5.74) is 1.52. The molecule has 0 bridgehead atoms. The highest BCUT2D eigenvalue weighted by Crippen LogP contribution is 2.65. The maximum atomic E-state index is 11.0. The molecule has 2 aliphatic rings. The topological polar surface area (TPSA) is 33.1 Å². The summed E-state index contributed by atoms with van der Waals surface area (Å²) < 4.78 is 0. The van der Waals surface area contributed by atoms with E-state index in [1.165, 1.54) is 25.7 Å².